The van der Waals surface area contributed by atoms with Crippen LogP contribution in [-0.2, 0) is 14.8 Å². The van der Waals surface area contributed by atoms with E-state index in [1.165, 1.54) is 12.1 Å². The third-order valence-corrected chi connectivity index (χ3v) is 5.85. The molecular weight excluding hydrogens is 377 g/mol. The van der Waals surface area contributed by atoms with Gasteiger partial charge in [0.05, 0.1) is 22.2 Å². The zero-order chi connectivity index (χ0) is 14.3. The Morgan fingerprint density at radius 1 is 1.37 bits per heavy atom. The Balaban J connectivity index is 2.40. The van der Waals surface area contributed by atoms with E-state index in [2.05, 4.69) is 20.7 Å². The molecule has 1 heterocycles. The molecule has 1 aromatic rings. The van der Waals surface area contributed by atoms with Gasteiger partial charge in [0.2, 0.25) is 10.0 Å². The van der Waals surface area contributed by atoms with Crippen LogP contribution in [0.1, 0.15) is 13.3 Å². The van der Waals surface area contributed by atoms with Gasteiger partial charge in [-0.25, -0.2) is 13.1 Å². The molecule has 19 heavy (non-hydrogen) atoms. The maximum Gasteiger partial charge on any atom is 0.244 e. The maximum absolute atomic E-state index is 12.4. The average Bonchev–Trinajstić information content (AvgIpc) is 2.60. The number of hydrogen-bond acceptors (Lipinski definition) is 3. The summed E-state index contributed by atoms with van der Waals surface area (Å²) in [4.78, 5) is -0.104. The molecule has 0 spiro atoms. The van der Waals surface area contributed by atoms with E-state index in [-0.39, 0.29) is 14.9 Å². The summed E-state index contributed by atoms with van der Waals surface area (Å²) < 4.78 is 33.2. The Labute approximate surface area is 130 Å². The summed E-state index contributed by atoms with van der Waals surface area (Å²) in [6, 6.07) is 2.99. The van der Waals surface area contributed by atoms with Crippen molar-refractivity contribution in [1.82, 2.24) is 4.72 Å². The van der Waals surface area contributed by atoms with Gasteiger partial charge < -0.3 is 4.74 Å². The lowest BCUT2D eigenvalue weighted by Gasteiger charge is -2.23. The van der Waals surface area contributed by atoms with Gasteiger partial charge in [-0.3, -0.25) is 0 Å². The number of rotatable bonds is 3. The predicted octanol–water partition coefficient (Wildman–Crippen LogP) is 3.21. The molecular formula is C11H12BrCl2NO3S. The van der Waals surface area contributed by atoms with Crippen molar-refractivity contribution < 1.29 is 13.2 Å². The number of benzene rings is 1. The van der Waals surface area contributed by atoms with Crippen LogP contribution >= 0.6 is 39.1 Å². The van der Waals surface area contributed by atoms with E-state index in [0.29, 0.717) is 24.1 Å². The summed E-state index contributed by atoms with van der Waals surface area (Å²) in [5.41, 5.74) is -0.626. The number of ether oxygens (including phenoxy) is 1. The number of hydrogen-bond donors (Lipinski definition) is 1. The lowest BCUT2D eigenvalue weighted by atomic mass is 10.0. The molecule has 1 aliphatic heterocycles. The Kier molecular flexibility index (Phi) is 4.50. The van der Waals surface area contributed by atoms with Crippen molar-refractivity contribution in [3.8, 4) is 0 Å². The molecule has 0 bridgehead atoms. The second kappa shape index (κ2) is 5.50. The summed E-state index contributed by atoms with van der Waals surface area (Å²) in [7, 11) is -3.79. The molecule has 1 atom stereocenters. The molecule has 0 aliphatic carbocycles. The number of halogens is 3. The minimum Gasteiger partial charge on any atom is -0.379 e. The molecule has 1 N–H and O–H groups in total. The minimum atomic E-state index is -3.79. The molecule has 106 valence electrons. The number of nitrogens with one attached hydrogen (secondary N) is 1. The monoisotopic (exact) mass is 387 g/mol. The highest BCUT2D eigenvalue weighted by Gasteiger charge is 2.36. The summed E-state index contributed by atoms with van der Waals surface area (Å²) >= 11 is 15.2. The second-order valence-electron chi connectivity index (χ2n) is 4.67. The summed E-state index contributed by atoms with van der Waals surface area (Å²) in [6.45, 7) is 2.65. The minimum absolute atomic E-state index is 0.0781. The van der Waals surface area contributed by atoms with Crippen molar-refractivity contribution in [1.29, 1.82) is 0 Å². The maximum atomic E-state index is 12.4. The lowest BCUT2D eigenvalue weighted by Crippen LogP contribution is -2.46. The Bertz CT molecular complexity index is 577. The third kappa shape index (κ3) is 3.43. The molecule has 0 radical (unpaired) electrons. The van der Waals surface area contributed by atoms with Crippen molar-refractivity contribution in [3.05, 3.63) is 26.7 Å². The largest absolute Gasteiger partial charge is 0.379 e. The van der Waals surface area contributed by atoms with Crippen LogP contribution in [0, 0.1) is 0 Å². The molecule has 1 unspecified atom stereocenters. The fourth-order valence-electron chi connectivity index (χ4n) is 1.91. The quantitative estimate of drug-likeness (QED) is 0.864. The first-order chi connectivity index (χ1) is 8.73. The second-order valence-corrected chi connectivity index (χ2v) is 8.02. The molecule has 0 aromatic heterocycles. The Morgan fingerprint density at radius 2 is 1.95 bits per heavy atom. The molecule has 1 saturated heterocycles. The van der Waals surface area contributed by atoms with Gasteiger partial charge in [-0.2, -0.15) is 0 Å². The fourth-order valence-corrected chi connectivity index (χ4v) is 5.27. The zero-order valence-electron chi connectivity index (χ0n) is 10.0. The Hall–Kier alpha value is 0.150. The first-order valence-corrected chi connectivity index (χ1v) is 8.53. The summed E-state index contributed by atoms with van der Waals surface area (Å²) in [5, 5.41) is 0.156. The summed E-state index contributed by atoms with van der Waals surface area (Å²) in [6.07, 6.45) is 0.609. The SMILES string of the molecule is CC1(NS(=O)(=O)c2c(Cl)cc(Br)cc2Cl)CCOC1. The van der Waals surface area contributed by atoms with Crippen LogP contribution in [0.25, 0.3) is 0 Å². The van der Waals surface area contributed by atoms with Crippen molar-refractivity contribution in [2.45, 2.75) is 23.8 Å². The van der Waals surface area contributed by atoms with Crippen LogP contribution < -0.4 is 4.72 Å². The van der Waals surface area contributed by atoms with Crippen LogP contribution in [-0.4, -0.2) is 27.2 Å². The molecule has 0 amide bonds. The molecule has 1 aliphatic rings. The van der Waals surface area contributed by atoms with Crippen LogP contribution in [0.2, 0.25) is 10.0 Å². The lowest BCUT2D eigenvalue weighted by molar-refractivity contribution is 0.178. The van der Waals surface area contributed by atoms with Gasteiger partial charge in [0.25, 0.3) is 0 Å². The molecule has 8 heteroatoms. The molecule has 4 nitrogen and oxygen atoms in total. The van der Waals surface area contributed by atoms with Crippen molar-refractivity contribution in [2.24, 2.45) is 0 Å². The predicted molar refractivity (Wildman–Crippen MR) is 78.3 cm³/mol. The van der Waals surface area contributed by atoms with E-state index < -0.39 is 15.6 Å². The van der Waals surface area contributed by atoms with Crippen molar-refractivity contribution in [3.63, 3.8) is 0 Å². The first-order valence-electron chi connectivity index (χ1n) is 5.50. The van der Waals surface area contributed by atoms with Crippen LogP contribution in [0.15, 0.2) is 21.5 Å². The van der Waals surface area contributed by atoms with Gasteiger partial charge in [0, 0.05) is 11.1 Å². The van der Waals surface area contributed by atoms with E-state index in [9.17, 15) is 8.42 Å². The molecule has 2 rings (SSSR count). The van der Waals surface area contributed by atoms with Crippen molar-refractivity contribution in [2.75, 3.05) is 13.2 Å². The average molecular weight is 389 g/mol. The van der Waals surface area contributed by atoms with Gasteiger partial charge in [0.15, 0.2) is 0 Å². The highest BCUT2D eigenvalue weighted by Crippen LogP contribution is 2.34. The van der Waals surface area contributed by atoms with E-state index >= 15 is 0 Å². The van der Waals surface area contributed by atoms with Crippen LogP contribution in [0.4, 0.5) is 0 Å². The van der Waals surface area contributed by atoms with Crippen LogP contribution in [0.3, 0.4) is 0 Å². The molecule has 1 fully saturated rings. The highest BCUT2D eigenvalue weighted by atomic mass is 79.9. The molecule has 0 saturated carbocycles. The topological polar surface area (TPSA) is 55.4 Å². The van der Waals surface area contributed by atoms with Gasteiger partial charge >= 0.3 is 0 Å². The molecule has 1 aromatic carbocycles. The van der Waals surface area contributed by atoms with Crippen molar-refractivity contribution >= 4 is 49.2 Å². The van der Waals surface area contributed by atoms with Gasteiger partial charge in [0.1, 0.15) is 4.90 Å². The third-order valence-electron chi connectivity index (χ3n) is 2.83. The number of sulfonamides is 1. The van der Waals surface area contributed by atoms with Gasteiger partial charge in [-0.05, 0) is 25.5 Å². The van der Waals surface area contributed by atoms with Gasteiger partial charge in [-0.15, -0.1) is 0 Å². The van der Waals surface area contributed by atoms with E-state index in [4.69, 9.17) is 27.9 Å². The Morgan fingerprint density at radius 3 is 2.42 bits per heavy atom. The van der Waals surface area contributed by atoms with E-state index in [1.807, 2.05) is 0 Å². The standard InChI is InChI=1S/C11H12BrCl2NO3S/c1-11(2-3-18-6-11)15-19(16,17)10-8(13)4-7(12)5-9(10)14/h4-5,15H,2-3,6H2,1H3. The normalized spacial score (nSPS) is 23.8. The van der Waals surface area contributed by atoms with Gasteiger partial charge in [-0.1, -0.05) is 39.1 Å². The first kappa shape index (κ1) is 15.5. The van der Waals surface area contributed by atoms with Crippen LogP contribution in [0.5, 0.6) is 0 Å². The zero-order valence-corrected chi connectivity index (χ0v) is 14.0. The smallest absolute Gasteiger partial charge is 0.244 e. The summed E-state index contributed by atoms with van der Waals surface area (Å²) in [5.74, 6) is 0. The van der Waals surface area contributed by atoms with E-state index in [1.54, 1.807) is 6.92 Å². The van der Waals surface area contributed by atoms with E-state index in [0.717, 1.165) is 0 Å². The highest BCUT2D eigenvalue weighted by molar-refractivity contribution is 9.10. The fraction of sp³-hybridized carbons (Fsp3) is 0.455.